The molecule has 0 saturated carbocycles. The van der Waals surface area contributed by atoms with E-state index in [2.05, 4.69) is 35.5 Å². The second-order valence-electron chi connectivity index (χ2n) is 4.61. The van der Waals surface area contributed by atoms with Crippen LogP contribution in [0.15, 0.2) is 41.7 Å². The number of hydrogen-bond acceptors (Lipinski definition) is 2. The second-order valence-corrected chi connectivity index (χ2v) is 5.53. The first kappa shape index (κ1) is 10.7. The summed E-state index contributed by atoms with van der Waals surface area (Å²) in [5, 5.41) is 2.14. The van der Waals surface area contributed by atoms with Gasteiger partial charge in [-0.05, 0) is 37.4 Å². The van der Waals surface area contributed by atoms with Gasteiger partial charge in [0.25, 0.3) is 0 Å². The number of H-pyrrole nitrogens is 1. The van der Waals surface area contributed by atoms with Crippen molar-refractivity contribution in [2.45, 2.75) is 25.9 Å². The van der Waals surface area contributed by atoms with Gasteiger partial charge in [-0.1, -0.05) is 0 Å². The van der Waals surface area contributed by atoms with Crippen LogP contribution < -0.4 is 0 Å². The molecule has 3 rings (SSSR count). The first-order valence-electron chi connectivity index (χ1n) is 5.76. The molecule has 0 fully saturated rings. The van der Waals surface area contributed by atoms with Gasteiger partial charge in [0.15, 0.2) is 0 Å². The summed E-state index contributed by atoms with van der Waals surface area (Å²) in [6.07, 6.45) is 7.11. The number of aromatic nitrogens is 1. The van der Waals surface area contributed by atoms with Crippen LogP contribution in [0.5, 0.6) is 0 Å². The van der Waals surface area contributed by atoms with Gasteiger partial charge in [0, 0.05) is 29.9 Å². The minimum absolute atomic E-state index is 0.190. The van der Waals surface area contributed by atoms with Gasteiger partial charge < -0.3 is 9.72 Å². The third-order valence-corrected chi connectivity index (χ3v) is 4.38. The summed E-state index contributed by atoms with van der Waals surface area (Å²) in [5.74, 6) is 1.03. The normalized spacial score (nSPS) is 23.5. The van der Waals surface area contributed by atoms with Crippen LogP contribution in [0.3, 0.4) is 0 Å². The molecule has 0 aliphatic carbocycles. The molecule has 2 nitrogen and oxygen atoms in total. The third kappa shape index (κ3) is 1.71. The summed E-state index contributed by atoms with van der Waals surface area (Å²) in [6.45, 7) is 4.19. The van der Waals surface area contributed by atoms with Crippen molar-refractivity contribution in [1.29, 1.82) is 0 Å². The Morgan fingerprint density at radius 3 is 2.94 bits per heavy atom. The fourth-order valence-corrected chi connectivity index (χ4v) is 3.38. The number of thiophene rings is 1. The molecule has 0 spiro atoms. The number of allylic oxidation sites excluding steroid dienone is 1. The van der Waals surface area contributed by atoms with E-state index in [-0.39, 0.29) is 5.60 Å². The molecule has 1 aliphatic rings. The van der Waals surface area contributed by atoms with Crippen LogP contribution in [0, 0.1) is 0 Å². The monoisotopic (exact) mass is 245 g/mol. The molecule has 1 atom stereocenters. The van der Waals surface area contributed by atoms with E-state index in [0.29, 0.717) is 0 Å². The van der Waals surface area contributed by atoms with Crippen molar-refractivity contribution < 1.29 is 4.74 Å². The Balaban J connectivity index is 2.03. The Morgan fingerprint density at radius 2 is 2.29 bits per heavy atom. The topological polar surface area (TPSA) is 25.0 Å². The molecule has 88 valence electrons. The molecular formula is C14H15NOS. The highest BCUT2D eigenvalue weighted by atomic mass is 32.1. The third-order valence-electron chi connectivity index (χ3n) is 3.22. The minimum Gasteiger partial charge on any atom is -0.487 e. The number of ether oxygens (including phenoxy) is 1. The highest BCUT2D eigenvalue weighted by Gasteiger charge is 2.35. The first-order valence-corrected chi connectivity index (χ1v) is 6.64. The molecular weight excluding hydrogens is 230 g/mol. The van der Waals surface area contributed by atoms with Crippen LogP contribution in [-0.4, -0.2) is 4.98 Å². The fourth-order valence-electron chi connectivity index (χ4n) is 2.35. The highest BCUT2D eigenvalue weighted by Crippen LogP contribution is 2.44. The maximum absolute atomic E-state index is 5.99. The summed E-state index contributed by atoms with van der Waals surface area (Å²) in [4.78, 5) is 4.42. The molecule has 0 radical (unpaired) electrons. The molecule has 0 bridgehead atoms. The number of aromatic amines is 1. The number of nitrogens with one attached hydrogen (secondary N) is 1. The quantitative estimate of drug-likeness (QED) is 0.839. The Bertz CT molecular complexity index is 553. The van der Waals surface area contributed by atoms with Gasteiger partial charge in [-0.25, -0.2) is 0 Å². The standard InChI is InChI=1S/C14H15NOS/c1-10-3-6-14(2,16-10)13-12(5-8-17-13)11-4-7-15-9-11/h3-5,7-9,15H,6H2,1-2H3. The summed E-state index contributed by atoms with van der Waals surface area (Å²) in [5.41, 5.74) is 2.32. The lowest BCUT2D eigenvalue weighted by Gasteiger charge is -2.25. The molecule has 2 aromatic heterocycles. The maximum Gasteiger partial charge on any atom is 0.144 e. The van der Waals surface area contributed by atoms with E-state index < -0.39 is 0 Å². The zero-order valence-electron chi connectivity index (χ0n) is 9.99. The Kier molecular flexibility index (Phi) is 2.37. The first-order chi connectivity index (χ1) is 8.19. The van der Waals surface area contributed by atoms with Crippen molar-refractivity contribution in [2.24, 2.45) is 0 Å². The zero-order valence-corrected chi connectivity index (χ0v) is 10.8. The molecule has 2 aromatic rings. The molecule has 1 aliphatic heterocycles. The van der Waals surface area contributed by atoms with E-state index in [1.54, 1.807) is 11.3 Å². The van der Waals surface area contributed by atoms with Crippen LogP contribution in [0.2, 0.25) is 0 Å². The average Bonchev–Trinajstić information content (AvgIpc) is 2.97. The van der Waals surface area contributed by atoms with E-state index in [1.807, 2.05) is 19.3 Å². The molecule has 3 heteroatoms. The largest absolute Gasteiger partial charge is 0.487 e. The van der Waals surface area contributed by atoms with Crippen LogP contribution in [0.25, 0.3) is 11.1 Å². The molecule has 0 amide bonds. The predicted molar refractivity (Wildman–Crippen MR) is 70.9 cm³/mol. The van der Waals surface area contributed by atoms with Crippen LogP contribution in [-0.2, 0) is 10.3 Å². The average molecular weight is 245 g/mol. The van der Waals surface area contributed by atoms with Gasteiger partial charge in [-0.15, -0.1) is 11.3 Å². The fraction of sp³-hybridized carbons (Fsp3) is 0.286. The van der Waals surface area contributed by atoms with Crippen LogP contribution in [0.4, 0.5) is 0 Å². The minimum atomic E-state index is -0.190. The molecule has 0 saturated heterocycles. The maximum atomic E-state index is 5.99. The van der Waals surface area contributed by atoms with Crippen LogP contribution >= 0.6 is 11.3 Å². The molecule has 1 unspecified atom stereocenters. The SMILES string of the molecule is CC1=CCC(C)(c2sccc2-c2cc[nH]c2)O1. The number of rotatable bonds is 2. The highest BCUT2D eigenvalue weighted by molar-refractivity contribution is 7.10. The Morgan fingerprint density at radius 1 is 1.41 bits per heavy atom. The van der Waals surface area contributed by atoms with Crippen molar-refractivity contribution >= 4 is 11.3 Å². The Hall–Kier alpha value is -1.48. The van der Waals surface area contributed by atoms with E-state index in [4.69, 9.17) is 4.74 Å². The van der Waals surface area contributed by atoms with Crippen molar-refractivity contribution in [3.63, 3.8) is 0 Å². The summed E-state index contributed by atoms with van der Waals surface area (Å²) in [7, 11) is 0. The summed E-state index contributed by atoms with van der Waals surface area (Å²) >= 11 is 1.77. The van der Waals surface area contributed by atoms with Crippen molar-refractivity contribution in [3.8, 4) is 11.1 Å². The van der Waals surface area contributed by atoms with Gasteiger partial charge in [0.05, 0.1) is 10.6 Å². The summed E-state index contributed by atoms with van der Waals surface area (Å²) in [6, 6.07) is 4.27. The number of hydrogen-bond donors (Lipinski definition) is 1. The van der Waals surface area contributed by atoms with Gasteiger partial charge in [-0.3, -0.25) is 0 Å². The van der Waals surface area contributed by atoms with E-state index >= 15 is 0 Å². The van der Waals surface area contributed by atoms with Gasteiger partial charge in [0.1, 0.15) is 5.60 Å². The molecule has 0 aromatic carbocycles. The smallest absolute Gasteiger partial charge is 0.144 e. The van der Waals surface area contributed by atoms with Crippen LogP contribution in [0.1, 0.15) is 25.1 Å². The lowest BCUT2D eigenvalue weighted by Crippen LogP contribution is -2.19. The second kappa shape index (κ2) is 3.77. The van der Waals surface area contributed by atoms with Gasteiger partial charge >= 0.3 is 0 Å². The van der Waals surface area contributed by atoms with E-state index in [0.717, 1.165) is 12.2 Å². The lowest BCUT2D eigenvalue weighted by molar-refractivity contribution is 0.0454. The molecule has 1 N–H and O–H groups in total. The summed E-state index contributed by atoms with van der Waals surface area (Å²) < 4.78 is 5.99. The van der Waals surface area contributed by atoms with Crippen molar-refractivity contribution in [2.75, 3.05) is 0 Å². The molecule has 17 heavy (non-hydrogen) atoms. The Labute approximate surface area is 105 Å². The zero-order chi connectivity index (χ0) is 11.9. The van der Waals surface area contributed by atoms with E-state index in [9.17, 15) is 0 Å². The van der Waals surface area contributed by atoms with Gasteiger partial charge in [-0.2, -0.15) is 0 Å². The van der Waals surface area contributed by atoms with Crippen molar-refractivity contribution in [1.82, 2.24) is 4.98 Å². The predicted octanol–water partition coefficient (Wildman–Crippen LogP) is 4.28. The molecule has 3 heterocycles. The van der Waals surface area contributed by atoms with Gasteiger partial charge in [0.2, 0.25) is 0 Å². The van der Waals surface area contributed by atoms with Crippen molar-refractivity contribution in [3.05, 3.63) is 46.6 Å². The lowest BCUT2D eigenvalue weighted by atomic mass is 9.96. The van der Waals surface area contributed by atoms with E-state index in [1.165, 1.54) is 16.0 Å².